The van der Waals surface area contributed by atoms with Crippen molar-refractivity contribution >= 4 is 29.1 Å². The number of halogens is 2. The highest BCUT2D eigenvalue weighted by Crippen LogP contribution is 2.29. The van der Waals surface area contributed by atoms with E-state index in [0.717, 1.165) is 28.5 Å². The van der Waals surface area contributed by atoms with Gasteiger partial charge in [-0.25, -0.2) is 23.4 Å². The van der Waals surface area contributed by atoms with E-state index in [-0.39, 0.29) is 34.3 Å². The normalized spacial score (nSPS) is 13.3. The molecular formula is C15H11F2N3O4S. The van der Waals surface area contributed by atoms with Crippen molar-refractivity contribution < 1.29 is 18.7 Å². The van der Waals surface area contributed by atoms with Crippen molar-refractivity contribution in [2.24, 2.45) is 12.0 Å². The van der Waals surface area contributed by atoms with Crippen LogP contribution in [0.3, 0.4) is 0 Å². The highest BCUT2D eigenvalue weighted by molar-refractivity contribution is 8.00. The predicted octanol–water partition coefficient (Wildman–Crippen LogP) is 1.14. The van der Waals surface area contributed by atoms with Crippen LogP contribution in [-0.4, -0.2) is 31.7 Å². The van der Waals surface area contributed by atoms with E-state index < -0.39 is 28.9 Å². The minimum atomic E-state index is -1.25. The first-order valence-corrected chi connectivity index (χ1v) is 7.99. The zero-order valence-electron chi connectivity index (χ0n) is 12.8. The van der Waals surface area contributed by atoms with Crippen molar-refractivity contribution in [2.75, 3.05) is 5.75 Å². The lowest BCUT2D eigenvalue weighted by atomic mass is 10.2. The average molecular weight is 367 g/mol. The van der Waals surface area contributed by atoms with Gasteiger partial charge in [0.1, 0.15) is 10.7 Å². The summed E-state index contributed by atoms with van der Waals surface area (Å²) in [6.07, 6.45) is 0. The van der Waals surface area contributed by atoms with Gasteiger partial charge >= 0.3 is 11.7 Å². The summed E-state index contributed by atoms with van der Waals surface area (Å²) in [5.74, 6) is -3.36. The quantitative estimate of drug-likeness (QED) is 0.821. The monoisotopic (exact) mass is 367 g/mol. The third kappa shape index (κ3) is 3.00. The minimum absolute atomic E-state index is 0.0300. The van der Waals surface area contributed by atoms with Crippen LogP contribution in [0.2, 0.25) is 0 Å². The van der Waals surface area contributed by atoms with Crippen LogP contribution >= 0.6 is 11.8 Å². The Bertz CT molecular complexity index is 1040. The molecule has 0 atom stereocenters. The van der Waals surface area contributed by atoms with Crippen molar-refractivity contribution in [3.8, 4) is 0 Å². The highest BCUT2D eigenvalue weighted by atomic mass is 32.2. The van der Waals surface area contributed by atoms with Gasteiger partial charge in [-0.05, 0) is 17.7 Å². The maximum absolute atomic E-state index is 13.3. The maximum Gasteiger partial charge on any atom is 0.351 e. The van der Waals surface area contributed by atoms with E-state index in [9.17, 15) is 23.2 Å². The number of carboxylic acid groups (broad SMARTS) is 1. The molecule has 25 heavy (non-hydrogen) atoms. The number of aromatic nitrogens is 2. The standard InChI is InChI=1S/C15H11F2N3O4S/c1-19-13-11(18-10(6-25-13)14(22)23)12(21)20(15(19)24)5-7-2-3-8(16)9(17)4-7/h2-4H,5-6H2,1H3,(H,22,23). The average Bonchev–Trinajstić information content (AvgIpc) is 2.59. The van der Waals surface area contributed by atoms with Gasteiger partial charge in [0.05, 0.1) is 6.54 Å². The Morgan fingerprint density at radius 1 is 1.32 bits per heavy atom. The van der Waals surface area contributed by atoms with E-state index in [1.165, 1.54) is 17.7 Å². The van der Waals surface area contributed by atoms with Gasteiger partial charge in [0.25, 0.3) is 5.56 Å². The molecule has 2 heterocycles. The molecule has 0 fully saturated rings. The molecule has 0 saturated carbocycles. The second-order valence-corrected chi connectivity index (χ2v) is 6.25. The Balaban J connectivity index is 2.16. The van der Waals surface area contributed by atoms with Crippen LogP contribution in [0.25, 0.3) is 0 Å². The molecule has 1 aromatic carbocycles. The molecule has 10 heteroatoms. The number of carbonyl (C=O) groups is 1. The van der Waals surface area contributed by atoms with Crippen LogP contribution in [0, 0.1) is 11.6 Å². The fourth-order valence-corrected chi connectivity index (χ4v) is 3.37. The molecule has 1 N–H and O–H groups in total. The lowest BCUT2D eigenvalue weighted by Gasteiger charge is -2.17. The number of nitrogens with zero attached hydrogens (tertiary/aromatic N) is 3. The van der Waals surface area contributed by atoms with Gasteiger partial charge in [0.15, 0.2) is 17.3 Å². The summed E-state index contributed by atoms with van der Waals surface area (Å²) >= 11 is 1.03. The summed E-state index contributed by atoms with van der Waals surface area (Å²) in [5.41, 5.74) is -1.58. The molecule has 0 amide bonds. The van der Waals surface area contributed by atoms with Crippen LogP contribution in [0.5, 0.6) is 0 Å². The lowest BCUT2D eigenvalue weighted by Crippen LogP contribution is -2.40. The first-order valence-electron chi connectivity index (χ1n) is 7.01. The summed E-state index contributed by atoms with van der Waals surface area (Å²) in [6.45, 7) is -0.293. The topological polar surface area (TPSA) is 93.7 Å². The van der Waals surface area contributed by atoms with Crippen molar-refractivity contribution in [1.29, 1.82) is 0 Å². The number of aliphatic carboxylic acids is 1. The van der Waals surface area contributed by atoms with E-state index in [1.54, 1.807) is 0 Å². The fourth-order valence-electron chi connectivity index (χ4n) is 2.37. The van der Waals surface area contributed by atoms with E-state index in [1.807, 2.05) is 0 Å². The third-order valence-electron chi connectivity index (χ3n) is 3.64. The number of fused-ring (bicyclic) bond motifs is 1. The first kappa shape index (κ1) is 17.1. The largest absolute Gasteiger partial charge is 0.477 e. The Morgan fingerprint density at radius 3 is 2.68 bits per heavy atom. The molecule has 1 aliphatic rings. The highest BCUT2D eigenvalue weighted by Gasteiger charge is 2.25. The number of rotatable bonds is 3. The molecule has 0 bridgehead atoms. The zero-order valence-corrected chi connectivity index (χ0v) is 13.6. The van der Waals surface area contributed by atoms with Crippen LogP contribution in [0.4, 0.5) is 14.5 Å². The summed E-state index contributed by atoms with van der Waals surface area (Å²) in [7, 11) is 1.43. The second-order valence-electron chi connectivity index (χ2n) is 5.29. The Kier molecular flexibility index (Phi) is 4.29. The van der Waals surface area contributed by atoms with Crippen LogP contribution in [0.15, 0.2) is 37.8 Å². The SMILES string of the molecule is Cn1c2c(c(=O)n(Cc3ccc(F)c(F)c3)c1=O)N=C(C(=O)O)CS2. The van der Waals surface area contributed by atoms with E-state index in [4.69, 9.17) is 5.11 Å². The summed E-state index contributed by atoms with van der Waals surface area (Å²) in [4.78, 5) is 39.9. The molecule has 2 aromatic rings. The van der Waals surface area contributed by atoms with Crippen LogP contribution in [0.1, 0.15) is 5.56 Å². The van der Waals surface area contributed by atoms with Gasteiger partial charge in [0, 0.05) is 12.8 Å². The van der Waals surface area contributed by atoms with Crippen molar-refractivity contribution in [2.45, 2.75) is 11.6 Å². The van der Waals surface area contributed by atoms with E-state index in [0.29, 0.717) is 0 Å². The van der Waals surface area contributed by atoms with Gasteiger partial charge in [0.2, 0.25) is 0 Å². The number of benzene rings is 1. The summed E-state index contributed by atoms with van der Waals surface area (Å²) in [5, 5.41) is 9.31. The molecule has 3 rings (SSSR count). The Labute approximate surface area is 143 Å². The lowest BCUT2D eigenvalue weighted by molar-refractivity contribution is -0.129. The van der Waals surface area contributed by atoms with Gasteiger partial charge in [-0.3, -0.25) is 13.9 Å². The number of aliphatic imine (C=N–C) groups is 1. The van der Waals surface area contributed by atoms with Gasteiger partial charge < -0.3 is 5.11 Å². The number of hydrogen-bond donors (Lipinski definition) is 1. The Morgan fingerprint density at radius 2 is 2.04 bits per heavy atom. The molecule has 0 saturated heterocycles. The molecule has 1 aliphatic heterocycles. The third-order valence-corrected chi connectivity index (χ3v) is 4.80. The summed E-state index contributed by atoms with van der Waals surface area (Å²) in [6, 6.07) is 3.04. The number of carboxylic acids is 1. The molecule has 130 valence electrons. The van der Waals surface area contributed by atoms with Crippen LogP contribution < -0.4 is 11.2 Å². The fraction of sp³-hybridized carbons (Fsp3) is 0.200. The molecule has 7 nitrogen and oxygen atoms in total. The number of thioether (sulfide) groups is 1. The molecule has 0 radical (unpaired) electrons. The van der Waals surface area contributed by atoms with Crippen LogP contribution in [-0.2, 0) is 18.4 Å². The number of hydrogen-bond acceptors (Lipinski definition) is 5. The van der Waals surface area contributed by atoms with Crippen molar-refractivity contribution in [3.05, 3.63) is 56.2 Å². The molecular weight excluding hydrogens is 356 g/mol. The molecule has 0 spiro atoms. The maximum atomic E-state index is 13.3. The smallest absolute Gasteiger partial charge is 0.351 e. The molecule has 1 aromatic heterocycles. The van der Waals surface area contributed by atoms with Gasteiger partial charge in [-0.1, -0.05) is 17.8 Å². The molecule has 0 aliphatic carbocycles. The van der Waals surface area contributed by atoms with Gasteiger partial charge in [-0.15, -0.1) is 0 Å². The molecule has 0 unspecified atom stereocenters. The van der Waals surface area contributed by atoms with Gasteiger partial charge in [-0.2, -0.15) is 0 Å². The summed E-state index contributed by atoms with van der Waals surface area (Å²) < 4.78 is 28.3. The minimum Gasteiger partial charge on any atom is -0.477 e. The van der Waals surface area contributed by atoms with E-state index in [2.05, 4.69) is 4.99 Å². The first-order chi connectivity index (χ1) is 11.8. The Hall–Kier alpha value is -2.75. The predicted molar refractivity (Wildman–Crippen MR) is 86.9 cm³/mol. The second kappa shape index (κ2) is 6.28. The zero-order chi connectivity index (χ0) is 18.3. The van der Waals surface area contributed by atoms with Crippen molar-refractivity contribution in [3.63, 3.8) is 0 Å². The van der Waals surface area contributed by atoms with E-state index >= 15 is 0 Å². The van der Waals surface area contributed by atoms with Crippen molar-refractivity contribution in [1.82, 2.24) is 9.13 Å².